The molecule has 0 aromatic carbocycles. The van der Waals surface area contributed by atoms with E-state index < -0.39 is 0 Å². The Balaban J connectivity index is 2.61. The molecule has 0 saturated heterocycles. The lowest BCUT2D eigenvalue weighted by Gasteiger charge is -1.75. The highest BCUT2D eigenvalue weighted by molar-refractivity contribution is 6.14. The van der Waals surface area contributed by atoms with Crippen LogP contribution in [0.5, 0.6) is 0 Å². The second kappa shape index (κ2) is 1.20. The summed E-state index contributed by atoms with van der Waals surface area (Å²) in [6.07, 6.45) is 3.75. The van der Waals surface area contributed by atoms with Crippen LogP contribution in [0.4, 0.5) is 0 Å². The first-order chi connectivity index (χ1) is 2.89. The lowest BCUT2D eigenvalue weighted by atomic mass is 10.8. The summed E-state index contributed by atoms with van der Waals surface area (Å²) in [6.45, 7) is 0.833. The second-order valence-corrected chi connectivity index (χ2v) is 1.38. The largest absolute Gasteiger partial charge is 0.235 e. The van der Waals surface area contributed by atoms with Gasteiger partial charge < -0.3 is 0 Å². The Morgan fingerprint density at radius 3 is 2.83 bits per heavy atom. The molecule has 0 N–H and O–H groups in total. The van der Waals surface area contributed by atoms with Crippen molar-refractivity contribution in [1.82, 2.24) is 0 Å². The van der Waals surface area contributed by atoms with Crippen molar-refractivity contribution in [2.45, 2.75) is 0 Å². The monoisotopic (exact) mass is 83.1 g/mol. The first-order valence-electron chi connectivity index (χ1n) is 1.93. The van der Waals surface area contributed by atoms with Crippen molar-refractivity contribution in [2.24, 2.45) is 4.99 Å². The van der Waals surface area contributed by atoms with E-state index in [1.165, 1.54) is 0 Å². The Labute approximate surface area is 36.8 Å². The quantitative estimate of drug-likeness (QED) is 0.359. The zero-order chi connectivity index (χ0) is 4.41. The highest BCUT2D eigenvalue weighted by Gasteiger charge is 1.93. The van der Waals surface area contributed by atoms with E-state index in [-0.39, 0.29) is 0 Å². The Morgan fingerprint density at radius 2 is 2.67 bits per heavy atom. The van der Waals surface area contributed by atoms with Gasteiger partial charge in [-0.1, -0.05) is 0 Å². The molecule has 0 fully saturated rings. The van der Waals surface area contributed by atoms with Crippen LogP contribution in [0.25, 0.3) is 0 Å². The van der Waals surface area contributed by atoms with Crippen LogP contribution >= 0.6 is 0 Å². The van der Waals surface area contributed by atoms with Crippen LogP contribution in [0.3, 0.4) is 0 Å². The lowest BCUT2D eigenvalue weighted by Crippen LogP contribution is -1.98. The van der Waals surface area contributed by atoms with E-state index in [1.807, 2.05) is 17.8 Å². The fourth-order valence-corrected chi connectivity index (χ4v) is 0.384. The first kappa shape index (κ1) is 3.53. The zero-order valence-corrected chi connectivity index (χ0v) is 3.76. The summed E-state index contributed by atoms with van der Waals surface area (Å²) in [5.74, 6) is 0. The van der Waals surface area contributed by atoms with Gasteiger partial charge in [-0.2, -0.15) is 0 Å². The van der Waals surface area contributed by atoms with Gasteiger partial charge in [-0.15, -0.1) is 0 Å². The van der Waals surface area contributed by atoms with Gasteiger partial charge in [0.2, 0.25) is 6.67 Å². The smallest absolute Gasteiger partial charge is 0.222 e. The molecule has 1 aliphatic rings. The lowest BCUT2D eigenvalue weighted by molar-refractivity contribution is -0.485. The predicted molar refractivity (Wildman–Crippen MR) is 25.6 cm³/mol. The van der Waals surface area contributed by atoms with Gasteiger partial charge in [0.1, 0.15) is 7.05 Å². The van der Waals surface area contributed by atoms with Crippen molar-refractivity contribution >= 4 is 12.4 Å². The van der Waals surface area contributed by atoms with Gasteiger partial charge in [-0.25, -0.2) is 9.57 Å². The van der Waals surface area contributed by atoms with Crippen molar-refractivity contribution in [1.29, 1.82) is 0 Å². The molecule has 0 radical (unpaired) electrons. The third-order valence-corrected chi connectivity index (χ3v) is 0.731. The second-order valence-electron chi connectivity index (χ2n) is 1.38. The molecule has 1 heterocycles. The van der Waals surface area contributed by atoms with Crippen molar-refractivity contribution in [3.8, 4) is 0 Å². The first-order valence-corrected chi connectivity index (χ1v) is 1.93. The number of hydrogen-bond acceptors (Lipinski definition) is 1. The molecule has 1 rings (SSSR count). The molecule has 0 aromatic heterocycles. The average molecular weight is 83.1 g/mol. The minimum Gasteiger partial charge on any atom is -0.222 e. The van der Waals surface area contributed by atoms with Crippen LogP contribution < -0.4 is 0 Å². The standard InChI is InChI=1S/C4H7N2/c1-6-3-2-5-4-6/h2-3H,4H2,1H3/q+1. The maximum Gasteiger partial charge on any atom is 0.235 e. The summed E-state index contributed by atoms with van der Waals surface area (Å²) >= 11 is 0. The highest BCUT2D eigenvalue weighted by Crippen LogP contribution is 1.72. The van der Waals surface area contributed by atoms with E-state index in [0.717, 1.165) is 6.67 Å². The predicted octanol–water partition coefficient (Wildman–Crippen LogP) is -0.259. The normalized spacial score (nSPS) is 18.5. The SMILES string of the molecule is C[N+]1=CC=NC1. The van der Waals surface area contributed by atoms with Crippen molar-refractivity contribution in [2.75, 3.05) is 13.7 Å². The maximum absolute atomic E-state index is 3.91. The van der Waals surface area contributed by atoms with E-state index in [1.54, 1.807) is 6.21 Å². The van der Waals surface area contributed by atoms with E-state index >= 15 is 0 Å². The topological polar surface area (TPSA) is 15.4 Å². The molecule has 1 aliphatic heterocycles. The van der Waals surface area contributed by atoms with E-state index in [4.69, 9.17) is 0 Å². The molecule has 2 heteroatoms. The molecule has 32 valence electrons. The molecular formula is C4H7N2+. The number of hydrogen-bond donors (Lipinski definition) is 0. The molecule has 0 saturated carbocycles. The van der Waals surface area contributed by atoms with E-state index in [2.05, 4.69) is 4.99 Å². The summed E-state index contributed by atoms with van der Waals surface area (Å²) in [4.78, 5) is 3.91. The van der Waals surface area contributed by atoms with Crippen LogP contribution in [-0.2, 0) is 0 Å². The van der Waals surface area contributed by atoms with Crippen LogP contribution in [-0.4, -0.2) is 30.7 Å². The van der Waals surface area contributed by atoms with Crippen molar-refractivity contribution in [3.63, 3.8) is 0 Å². The zero-order valence-electron chi connectivity index (χ0n) is 3.76. The molecule has 0 aliphatic carbocycles. The molecular weight excluding hydrogens is 76.1 g/mol. The third kappa shape index (κ3) is 0.455. The summed E-state index contributed by atoms with van der Waals surface area (Å²) in [5, 5.41) is 0. The molecule has 0 aromatic rings. The molecule has 0 amide bonds. The third-order valence-electron chi connectivity index (χ3n) is 0.731. The van der Waals surface area contributed by atoms with Crippen LogP contribution in [0, 0.1) is 0 Å². The Bertz CT molecular complexity index is 102. The van der Waals surface area contributed by atoms with Crippen LogP contribution in [0.2, 0.25) is 0 Å². The minimum absolute atomic E-state index is 0.833. The number of aliphatic imine (C=N–C) groups is 1. The molecule has 0 bridgehead atoms. The van der Waals surface area contributed by atoms with Gasteiger partial charge in [0.25, 0.3) is 0 Å². The van der Waals surface area contributed by atoms with Gasteiger partial charge in [0.05, 0.1) is 6.21 Å². The van der Waals surface area contributed by atoms with Crippen LogP contribution in [0.1, 0.15) is 0 Å². The van der Waals surface area contributed by atoms with Crippen molar-refractivity contribution in [3.05, 3.63) is 0 Å². The molecule has 2 nitrogen and oxygen atoms in total. The summed E-state index contributed by atoms with van der Waals surface area (Å²) in [7, 11) is 1.99. The van der Waals surface area contributed by atoms with E-state index in [9.17, 15) is 0 Å². The van der Waals surface area contributed by atoms with Gasteiger partial charge in [-0.05, 0) is 0 Å². The fourth-order valence-electron chi connectivity index (χ4n) is 0.384. The molecule has 0 atom stereocenters. The van der Waals surface area contributed by atoms with E-state index in [0.29, 0.717) is 0 Å². The molecule has 0 spiro atoms. The summed E-state index contributed by atoms with van der Waals surface area (Å²) in [5.41, 5.74) is 0. The maximum atomic E-state index is 3.91. The molecule has 6 heavy (non-hydrogen) atoms. The molecule has 0 unspecified atom stereocenters. The Hall–Kier alpha value is -0.660. The highest BCUT2D eigenvalue weighted by atomic mass is 15.1. The number of nitrogens with zero attached hydrogens (tertiary/aromatic N) is 2. The summed E-state index contributed by atoms with van der Waals surface area (Å²) < 4.78 is 2.01. The Kier molecular flexibility index (Phi) is 0.708. The average Bonchev–Trinajstić information content (AvgIpc) is 1.86. The fraction of sp³-hybridized carbons (Fsp3) is 0.500. The van der Waals surface area contributed by atoms with Gasteiger partial charge in [0, 0.05) is 0 Å². The van der Waals surface area contributed by atoms with Crippen molar-refractivity contribution < 1.29 is 4.58 Å². The number of rotatable bonds is 0. The van der Waals surface area contributed by atoms with Gasteiger partial charge in [0.15, 0.2) is 6.21 Å². The Morgan fingerprint density at radius 1 is 1.83 bits per heavy atom. The summed E-state index contributed by atoms with van der Waals surface area (Å²) in [6, 6.07) is 0. The minimum atomic E-state index is 0.833. The van der Waals surface area contributed by atoms with Gasteiger partial charge >= 0.3 is 0 Å². The van der Waals surface area contributed by atoms with Crippen LogP contribution in [0.15, 0.2) is 4.99 Å². The van der Waals surface area contributed by atoms with Gasteiger partial charge in [-0.3, -0.25) is 0 Å².